The van der Waals surface area contributed by atoms with Gasteiger partial charge in [0.15, 0.2) is 0 Å². The molecule has 0 radical (unpaired) electrons. The number of alkyl halides is 2. The standard InChI is InChI=1S/C10H13Br2.Ti/c1-8-3-2-4-9(8)7-10(12)5-6-11;/h2-3,7,10H,4-6H2,1H3;/q-1;. The first-order chi connectivity index (χ1) is 5.74. The topological polar surface area (TPSA) is 0 Å². The van der Waals surface area contributed by atoms with E-state index in [0.29, 0.717) is 4.83 Å². The number of rotatable bonds is 4. The van der Waals surface area contributed by atoms with Crippen LogP contribution >= 0.6 is 31.9 Å². The van der Waals surface area contributed by atoms with Gasteiger partial charge in [-0.1, -0.05) is 15.9 Å². The van der Waals surface area contributed by atoms with E-state index in [1.54, 1.807) is 0 Å². The van der Waals surface area contributed by atoms with Crippen LogP contribution in [-0.4, -0.2) is 10.2 Å². The monoisotopic (exact) mass is 339 g/mol. The fourth-order valence-corrected chi connectivity index (χ4v) is 2.89. The average molecular weight is 341 g/mol. The Labute approximate surface area is 112 Å². The van der Waals surface area contributed by atoms with E-state index >= 15 is 0 Å². The number of allylic oxidation sites excluding steroid dienone is 4. The van der Waals surface area contributed by atoms with Gasteiger partial charge in [0.2, 0.25) is 0 Å². The van der Waals surface area contributed by atoms with Gasteiger partial charge in [0, 0.05) is 27.0 Å². The molecule has 0 aromatic carbocycles. The predicted octanol–water partition coefficient (Wildman–Crippen LogP) is 4.01. The van der Waals surface area contributed by atoms with Gasteiger partial charge in [0.25, 0.3) is 0 Å². The number of hydrogen-bond acceptors (Lipinski definition) is 0. The van der Waals surface area contributed by atoms with Crippen LogP contribution < -0.4 is 0 Å². The zero-order valence-electron chi connectivity index (χ0n) is 7.69. The summed E-state index contributed by atoms with van der Waals surface area (Å²) >= 11 is 7.06. The third kappa shape index (κ3) is 4.87. The molecule has 0 spiro atoms. The van der Waals surface area contributed by atoms with Gasteiger partial charge in [0.05, 0.1) is 0 Å². The Balaban J connectivity index is 0.00000144. The van der Waals surface area contributed by atoms with Gasteiger partial charge >= 0.3 is 0 Å². The SMILES string of the molecule is CC1=C([CH-]C(Br)CCBr)CC=C1.[Ti]. The molecule has 0 nitrogen and oxygen atoms in total. The largest absolute Gasteiger partial charge is 0.213 e. The molecule has 1 unspecified atom stereocenters. The molecular formula is C10H13Br2Ti-. The van der Waals surface area contributed by atoms with Crippen molar-refractivity contribution < 1.29 is 21.7 Å². The summed E-state index contributed by atoms with van der Waals surface area (Å²) in [5.74, 6) is 0. The summed E-state index contributed by atoms with van der Waals surface area (Å²) in [4.78, 5) is 0.515. The molecule has 0 saturated carbocycles. The van der Waals surface area contributed by atoms with E-state index < -0.39 is 0 Å². The molecule has 1 aliphatic rings. The van der Waals surface area contributed by atoms with Crippen molar-refractivity contribution in [2.45, 2.75) is 24.6 Å². The van der Waals surface area contributed by atoms with Crippen molar-refractivity contribution in [2.24, 2.45) is 0 Å². The molecule has 0 aromatic heterocycles. The molecular weight excluding hydrogens is 328 g/mol. The van der Waals surface area contributed by atoms with E-state index in [1.807, 2.05) is 0 Å². The molecule has 13 heavy (non-hydrogen) atoms. The van der Waals surface area contributed by atoms with Gasteiger partial charge in [-0.3, -0.25) is 0 Å². The van der Waals surface area contributed by atoms with Crippen molar-refractivity contribution in [1.29, 1.82) is 0 Å². The number of halogens is 2. The minimum absolute atomic E-state index is 0. The summed E-state index contributed by atoms with van der Waals surface area (Å²) < 4.78 is 0. The Morgan fingerprint density at radius 3 is 2.77 bits per heavy atom. The van der Waals surface area contributed by atoms with Crippen LogP contribution in [0.5, 0.6) is 0 Å². The predicted molar refractivity (Wildman–Crippen MR) is 61.9 cm³/mol. The zero-order chi connectivity index (χ0) is 8.97. The molecule has 0 aromatic rings. The molecule has 0 heterocycles. The summed E-state index contributed by atoms with van der Waals surface area (Å²) in [7, 11) is 0. The smallest absolute Gasteiger partial charge is 0.00305 e. The van der Waals surface area contributed by atoms with E-state index in [0.717, 1.165) is 18.2 Å². The van der Waals surface area contributed by atoms with Crippen molar-refractivity contribution >= 4 is 31.9 Å². The van der Waals surface area contributed by atoms with Crippen LogP contribution in [0.4, 0.5) is 0 Å². The molecule has 0 saturated heterocycles. The van der Waals surface area contributed by atoms with Crippen LogP contribution in [0.25, 0.3) is 0 Å². The normalized spacial score (nSPS) is 17.2. The maximum absolute atomic E-state index is 3.63. The van der Waals surface area contributed by atoms with Crippen molar-refractivity contribution in [3.63, 3.8) is 0 Å². The van der Waals surface area contributed by atoms with Crippen molar-refractivity contribution in [3.05, 3.63) is 29.7 Å². The molecule has 1 atom stereocenters. The summed E-state index contributed by atoms with van der Waals surface area (Å²) in [6.45, 7) is 2.17. The van der Waals surface area contributed by atoms with Crippen molar-refractivity contribution in [1.82, 2.24) is 0 Å². The Kier molecular flexibility index (Phi) is 7.91. The first-order valence-corrected chi connectivity index (χ1v) is 6.19. The third-order valence-corrected chi connectivity index (χ3v) is 3.16. The quantitative estimate of drug-likeness (QED) is 0.412. The molecule has 0 amide bonds. The molecule has 72 valence electrons. The van der Waals surface area contributed by atoms with Gasteiger partial charge in [-0.05, 0) is 17.7 Å². The Morgan fingerprint density at radius 1 is 1.62 bits per heavy atom. The van der Waals surface area contributed by atoms with Gasteiger partial charge in [-0.15, -0.1) is 35.0 Å². The van der Waals surface area contributed by atoms with Crippen molar-refractivity contribution in [2.75, 3.05) is 5.33 Å². The van der Waals surface area contributed by atoms with Gasteiger partial charge < -0.3 is 0 Å². The van der Waals surface area contributed by atoms with E-state index in [-0.39, 0.29) is 21.7 Å². The van der Waals surface area contributed by atoms with Crippen LogP contribution in [-0.2, 0) is 21.7 Å². The van der Waals surface area contributed by atoms with Crippen LogP contribution in [0, 0.1) is 6.42 Å². The summed E-state index contributed by atoms with van der Waals surface area (Å²) in [5, 5.41) is 1.05. The summed E-state index contributed by atoms with van der Waals surface area (Å²) in [5.41, 5.74) is 2.88. The van der Waals surface area contributed by atoms with E-state index in [1.165, 1.54) is 11.1 Å². The van der Waals surface area contributed by atoms with Crippen LogP contribution in [0.3, 0.4) is 0 Å². The molecule has 1 aliphatic carbocycles. The van der Waals surface area contributed by atoms with E-state index in [9.17, 15) is 0 Å². The minimum Gasteiger partial charge on any atom is -0.213 e. The van der Waals surface area contributed by atoms with E-state index in [2.05, 4.69) is 57.4 Å². The summed E-state index contributed by atoms with van der Waals surface area (Å²) in [6, 6.07) is 0. The Bertz CT molecular complexity index is 209. The van der Waals surface area contributed by atoms with Crippen LogP contribution in [0.15, 0.2) is 23.3 Å². The van der Waals surface area contributed by atoms with E-state index in [4.69, 9.17) is 0 Å². The fourth-order valence-electron chi connectivity index (χ4n) is 1.24. The first-order valence-electron chi connectivity index (χ1n) is 4.15. The zero-order valence-corrected chi connectivity index (χ0v) is 12.4. The van der Waals surface area contributed by atoms with Gasteiger partial charge in [0.1, 0.15) is 0 Å². The Hall–Kier alpha value is 1.02. The molecule has 1 rings (SSSR count). The second-order valence-electron chi connectivity index (χ2n) is 2.98. The third-order valence-electron chi connectivity index (χ3n) is 1.98. The second-order valence-corrected chi connectivity index (χ2v) is 4.94. The first kappa shape index (κ1) is 14.0. The van der Waals surface area contributed by atoms with Crippen molar-refractivity contribution in [3.8, 4) is 0 Å². The molecule has 3 heteroatoms. The maximum Gasteiger partial charge on any atom is 0.00305 e. The minimum atomic E-state index is 0. The van der Waals surface area contributed by atoms with Crippen LogP contribution in [0.1, 0.15) is 19.8 Å². The second kappa shape index (κ2) is 7.33. The molecule has 0 bridgehead atoms. The fraction of sp³-hybridized carbons (Fsp3) is 0.500. The van der Waals surface area contributed by atoms with Gasteiger partial charge in [-0.2, -0.15) is 5.57 Å². The molecule has 0 fully saturated rings. The summed E-state index contributed by atoms with van der Waals surface area (Å²) in [6.07, 6.45) is 8.98. The number of hydrogen-bond donors (Lipinski definition) is 0. The van der Waals surface area contributed by atoms with Crippen LogP contribution in [0.2, 0.25) is 0 Å². The average Bonchev–Trinajstić information content (AvgIpc) is 2.37. The van der Waals surface area contributed by atoms with Gasteiger partial charge in [-0.25, -0.2) is 12.0 Å². The molecule has 0 N–H and O–H groups in total. The maximum atomic E-state index is 3.63. The Morgan fingerprint density at radius 2 is 2.31 bits per heavy atom. The molecule has 0 aliphatic heterocycles.